The Kier molecular flexibility index (Phi) is 6.56. The summed E-state index contributed by atoms with van der Waals surface area (Å²) in [6, 6.07) is 12.1. The van der Waals surface area contributed by atoms with E-state index in [1.54, 1.807) is 32.5 Å². The van der Waals surface area contributed by atoms with Crippen LogP contribution in [0.5, 0.6) is 11.5 Å². The van der Waals surface area contributed by atoms with Gasteiger partial charge in [-0.05, 0) is 41.8 Å². The highest BCUT2D eigenvalue weighted by atomic mass is 19.1. The molecule has 0 spiro atoms. The maximum atomic E-state index is 12.9. The van der Waals surface area contributed by atoms with Crippen molar-refractivity contribution in [3.63, 3.8) is 0 Å². The van der Waals surface area contributed by atoms with Crippen LogP contribution < -0.4 is 20.1 Å². The van der Waals surface area contributed by atoms with E-state index in [2.05, 4.69) is 25.8 Å². The topological polar surface area (TPSA) is 81.2 Å². The summed E-state index contributed by atoms with van der Waals surface area (Å²) in [5, 5.41) is 14.2. The van der Waals surface area contributed by atoms with Crippen LogP contribution in [0, 0.1) is 5.82 Å². The van der Waals surface area contributed by atoms with Crippen molar-refractivity contribution in [1.82, 2.24) is 15.2 Å². The van der Waals surface area contributed by atoms with Gasteiger partial charge in [-0.2, -0.15) is 10.1 Å². The minimum absolute atomic E-state index is 0.262. The monoisotopic (exact) mass is 383 g/mol. The summed E-state index contributed by atoms with van der Waals surface area (Å²) in [6.07, 6.45) is 2.35. The van der Waals surface area contributed by atoms with Crippen molar-refractivity contribution in [2.75, 3.05) is 31.4 Å². The van der Waals surface area contributed by atoms with E-state index in [9.17, 15) is 4.39 Å². The number of hydrogen-bond acceptors (Lipinski definition) is 7. The molecule has 8 heteroatoms. The quantitative estimate of drug-likeness (QED) is 0.587. The maximum Gasteiger partial charge on any atom is 0.244 e. The Labute approximate surface area is 162 Å². The van der Waals surface area contributed by atoms with Crippen molar-refractivity contribution in [3.05, 3.63) is 65.6 Å². The molecule has 1 aromatic heterocycles. The zero-order valence-electron chi connectivity index (χ0n) is 15.8. The lowest BCUT2D eigenvalue weighted by molar-refractivity contribution is 0.354. The Balaban J connectivity index is 1.52. The Morgan fingerprint density at radius 2 is 1.68 bits per heavy atom. The lowest BCUT2D eigenvalue weighted by Crippen LogP contribution is -2.10. The second-order valence-electron chi connectivity index (χ2n) is 6.01. The molecule has 2 N–H and O–H groups in total. The van der Waals surface area contributed by atoms with E-state index in [0.717, 1.165) is 17.5 Å². The van der Waals surface area contributed by atoms with Gasteiger partial charge in [-0.25, -0.2) is 4.39 Å². The van der Waals surface area contributed by atoms with Crippen LogP contribution in [0.4, 0.5) is 16.2 Å². The summed E-state index contributed by atoms with van der Waals surface area (Å²) in [7, 11) is 3.23. The molecule has 0 fully saturated rings. The van der Waals surface area contributed by atoms with Crippen molar-refractivity contribution in [2.24, 2.45) is 0 Å². The highest BCUT2D eigenvalue weighted by Gasteiger charge is 2.05. The second-order valence-corrected chi connectivity index (χ2v) is 6.01. The van der Waals surface area contributed by atoms with Gasteiger partial charge in [-0.1, -0.05) is 18.2 Å². The summed E-state index contributed by atoms with van der Waals surface area (Å²) in [5.74, 6) is 2.17. The van der Waals surface area contributed by atoms with Gasteiger partial charge in [0.25, 0.3) is 0 Å². The smallest absolute Gasteiger partial charge is 0.244 e. The zero-order chi connectivity index (χ0) is 19.8. The van der Waals surface area contributed by atoms with Crippen molar-refractivity contribution < 1.29 is 13.9 Å². The van der Waals surface area contributed by atoms with E-state index < -0.39 is 0 Å². The van der Waals surface area contributed by atoms with Gasteiger partial charge in [-0.15, -0.1) is 5.10 Å². The number of nitrogens with one attached hydrogen (secondary N) is 2. The first-order chi connectivity index (χ1) is 13.7. The number of benzene rings is 2. The highest BCUT2D eigenvalue weighted by Crippen LogP contribution is 2.27. The third kappa shape index (κ3) is 5.29. The fourth-order valence-corrected chi connectivity index (χ4v) is 2.62. The van der Waals surface area contributed by atoms with E-state index in [0.29, 0.717) is 36.4 Å². The minimum atomic E-state index is -0.262. The van der Waals surface area contributed by atoms with Crippen molar-refractivity contribution in [3.8, 4) is 11.5 Å². The standard InChI is InChI=1S/C20H22FN5O2/c1-27-17-8-5-14(11-18(17)28-2)9-10-22-19-13-24-26-20(25-19)23-12-15-3-6-16(21)7-4-15/h3-8,11,13H,9-10,12H2,1-2H3,(H2,22,23,25,26). The number of anilines is 2. The third-order valence-corrected chi connectivity index (χ3v) is 4.09. The third-order valence-electron chi connectivity index (χ3n) is 4.09. The summed E-state index contributed by atoms with van der Waals surface area (Å²) >= 11 is 0. The van der Waals surface area contributed by atoms with Crippen molar-refractivity contribution >= 4 is 11.8 Å². The fraction of sp³-hybridized carbons (Fsp3) is 0.250. The molecule has 2 aromatic carbocycles. The van der Waals surface area contributed by atoms with Crippen LogP contribution in [-0.2, 0) is 13.0 Å². The molecule has 0 saturated carbocycles. The van der Waals surface area contributed by atoms with Crippen molar-refractivity contribution in [2.45, 2.75) is 13.0 Å². The first kappa shape index (κ1) is 19.3. The summed E-state index contributed by atoms with van der Waals surface area (Å²) in [4.78, 5) is 4.38. The lowest BCUT2D eigenvalue weighted by Gasteiger charge is -2.10. The molecule has 0 aliphatic carbocycles. The van der Waals surface area contributed by atoms with E-state index >= 15 is 0 Å². The van der Waals surface area contributed by atoms with E-state index in [1.165, 1.54) is 12.1 Å². The molecule has 146 valence electrons. The molecular weight excluding hydrogens is 361 g/mol. The Morgan fingerprint density at radius 3 is 2.43 bits per heavy atom. The van der Waals surface area contributed by atoms with Gasteiger partial charge in [0, 0.05) is 13.1 Å². The molecule has 0 saturated heterocycles. The number of halogens is 1. The number of ether oxygens (including phenoxy) is 2. The summed E-state index contributed by atoms with van der Waals surface area (Å²) in [6.45, 7) is 1.16. The number of rotatable bonds is 9. The molecule has 0 aliphatic rings. The summed E-state index contributed by atoms with van der Waals surface area (Å²) in [5.41, 5.74) is 2.04. The molecule has 3 aromatic rings. The molecule has 0 atom stereocenters. The molecule has 28 heavy (non-hydrogen) atoms. The Morgan fingerprint density at radius 1 is 0.929 bits per heavy atom. The molecule has 1 heterocycles. The van der Waals surface area contributed by atoms with Crippen LogP contribution in [0.25, 0.3) is 0 Å². The predicted octanol–water partition coefficient (Wildman–Crippen LogP) is 3.29. The van der Waals surface area contributed by atoms with E-state index in [1.807, 2.05) is 18.2 Å². The SMILES string of the molecule is COc1ccc(CCNc2cnnc(NCc3ccc(F)cc3)n2)cc1OC. The van der Waals surface area contributed by atoms with E-state index in [-0.39, 0.29) is 5.82 Å². The van der Waals surface area contributed by atoms with Crippen LogP contribution in [0.1, 0.15) is 11.1 Å². The molecule has 0 radical (unpaired) electrons. The summed E-state index contributed by atoms with van der Waals surface area (Å²) < 4.78 is 23.5. The van der Waals surface area contributed by atoms with Crippen LogP contribution in [0.3, 0.4) is 0 Å². The van der Waals surface area contributed by atoms with Crippen LogP contribution in [-0.4, -0.2) is 35.9 Å². The minimum Gasteiger partial charge on any atom is -0.493 e. The average molecular weight is 383 g/mol. The molecule has 0 aliphatic heterocycles. The predicted molar refractivity (Wildman–Crippen MR) is 105 cm³/mol. The van der Waals surface area contributed by atoms with Gasteiger partial charge in [-0.3, -0.25) is 0 Å². The second kappa shape index (κ2) is 9.50. The number of methoxy groups -OCH3 is 2. The van der Waals surface area contributed by atoms with Crippen LogP contribution in [0.15, 0.2) is 48.7 Å². The van der Waals surface area contributed by atoms with Crippen molar-refractivity contribution in [1.29, 1.82) is 0 Å². The van der Waals surface area contributed by atoms with Gasteiger partial charge in [0.05, 0.1) is 20.4 Å². The van der Waals surface area contributed by atoms with Crippen LogP contribution in [0.2, 0.25) is 0 Å². The normalized spacial score (nSPS) is 10.4. The maximum absolute atomic E-state index is 12.9. The van der Waals surface area contributed by atoms with Gasteiger partial charge < -0.3 is 20.1 Å². The molecule has 0 unspecified atom stereocenters. The van der Waals surface area contributed by atoms with Gasteiger partial charge in [0.15, 0.2) is 17.3 Å². The fourth-order valence-electron chi connectivity index (χ4n) is 2.62. The van der Waals surface area contributed by atoms with Gasteiger partial charge in [0.2, 0.25) is 5.95 Å². The van der Waals surface area contributed by atoms with Gasteiger partial charge >= 0.3 is 0 Å². The lowest BCUT2D eigenvalue weighted by atomic mass is 10.1. The number of nitrogens with zero attached hydrogens (tertiary/aromatic N) is 3. The zero-order valence-corrected chi connectivity index (χ0v) is 15.8. The molecule has 7 nitrogen and oxygen atoms in total. The first-order valence-electron chi connectivity index (χ1n) is 8.81. The van der Waals surface area contributed by atoms with Crippen LogP contribution >= 0.6 is 0 Å². The largest absolute Gasteiger partial charge is 0.493 e. The highest BCUT2D eigenvalue weighted by molar-refractivity contribution is 5.43. The number of aromatic nitrogens is 3. The molecule has 0 amide bonds. The number of hydrogen-bond donors (Lipinski definition) is 2. The molecule has 3 rings (SSSR count). The Hall–Kier alpha value is -3.42. The van der Waals surface area contributed by atoms with Gasteiger partial charge in [0.1, 0.15) is 5.82 Å². The molecular formula is C20H22FN5O2. The average Bonchev–Trinajstić information content (AvgIpc) is 2.73. The molecule has 0 bridgehead atoms. The van der Waals surface area contributed by atoms with E-state index in [4.69, 9.17) is 9.47 Å². The Bertz CT molecular complexity index is 905. The first-order valence-corrected chi connectivity index (χ1v) is 8.81.